The van der Waals surface area contributed by atoms with Gasteiger partial charge in [0.1, 0.15) is 11.5 Å². The molecule has 45 heavy (non-hydrogen) atoms. The van der Waals surface area contributed by atoms with E-state index in [0.717, 1.165) is 23.2 Å². The van der Waals surface area contributed by atoms with E-state index in [2.05, 4.69) is 10.2 Å². The number of benzene rings is 4. The summed E-state index contributed by atoms with van der Waals surface area (Å²) >= 11 is 0. The molecule has 0 saturated carbocycles. The Bertz CT molecular complexity index is 1870. The standard InChI is InChI=1S/C35H36N4O6/c1-36-34(44)21-10-12-38(17-21)24-7-8-25-27(15-24)29(19-40)31(42)16-28(25)33(43)32-26-14-23(6-4-20(26)5-9-30(32)41)39-13-11-22(18-39)35(45)37(2)3/h4-9,14-16,19,21-22,41-42H,10-13,17-18H2,1-3H3,(H,36,44). The van der Waals surface area contributed by atoms with Gasteiger partial charge in [0.05, 0.1) is 23.0 Å². The molecular formula is C35H36N4O6. The van der Waals surface area contributed by atoms with Crippen LogP contribution >= 0.6 is 0 Å². The van der Waals surface area contributed by atoms with Crippen LogP contribution in [0.5, 0.6) is 11.5 Å². The molecule has 2 aliphatic rings. The number of aromatic hydroxyl groups is 2. The predicted octanol–water partition coefficient (Wildman–Crippen LogP) is 3.93. The Hall–Kier alpha value is -5.12. The number of carbonyl (C=O) groups is 4. The summed E-state index contributed by atoms with van der Waals surface area (Å²) in [4.78, 5) is 57.0. The predicted molar refractivity (Wildman–Crippen MR) is 173 cm³/mol. The van der Waals surface area contributed by atoms with E-state index in [1.54, 1.807) is 44.2 Å². The van der Waals surface area contributed by atoms with Gasteiger partial charge in [0, 0.05) is 64.3 Å². The Morgan fingerprint density at radius 3 is 2.11 bits per heavy atom. The molecule has 4 aromatic rings. The van der Waals surface area contributed by atoms with Crippen LogP contribution in [0.15, 0.2) is 54.6 Å². The monoisotopic (exact) mass is 608 g/mol. The van der Waals surface area contributed by atoms with E-state index in [9.17, 15) is 29.4 Å². The molecule has 3 N–H and O–H groups in total. The molecule has 2 aliphatic heterocycles. The molecule has 2 unspecified atom stereocenters. The van der Waals surface area contributed by atoms with Gasteiger partial charge in [-0.15, -0.1) is 0 Å². The van der Waals surface area contributed by atoms with Crippen LogP contribution in [0.1, 0.15) is 39.1 Å². The Morgan fingerprint density at radius 1 is 0.822 bits per heavy atom. The number of anilines is 2. The minimum absolute atomic E-state index is 0.0259. The van der Waals surface area contributed by atoms with Crippen molar-refractivity contribution in [2.45, 2.75) is 12.8 Å². The van der Waals surface area contributed by atoms with E-state index >= 15 is 0 Å². The van der Waals surface area contributed by atoms with E-state index in [0.29, 0.717) is 55.0 Å². The lowest BCUT2D eigenvalue weighted by molar-refractivity contribution is -0.132. The van der Waals surface area contributed by atoms with E-state index in [-0.39, 0.29) is 51.8 Å². The Kier molecular flexibility index (Phi) is 7.82. The zero-order valence-corrected chi connectivity index (χ0v) is 25.5. The van der Waals surface area contributed by atoms with Crippen LogP contribution in [-0.2, 0) is 9.59 Å². The Morgan fingerprint density at radius 2 is 1.44 bits per heavy atom. The third-order valence-corrected chi connectivity index (χ3v) is 9.23. The van der Waals surface area contributed by atoms with Crippen LogP contribution in [0.3, 0.4) is 0 Å². The highest BCUT2D eigenvalue weighted by Gasteiger charge is 2.31. The molecule has 2 amide bonds. The molecule has 0 aromatic heterocycles. The molecule has 0 aliphatic carbocycles. The van der Waals surface area contributed by atoms with Crippen molar-refractivity contribution in [1.29, 1.82) is 0 Å². The summed E-state index contributed by atoms with van der Waals surface area (Å²) in [6, 6.07) is 15.6. The number of rotatable bonds is 7. The lowest BCUT2D eigenvalue weighted by atomic mass is 9.90. The number of carbonyl (C=O) groups excluding carboxylic acids is 4. The number of phenolic OH excluding ortho intramolecular Hbond substituents is 2. The smallest absolute Gasteiger partial charge is 0.227 e. The first kappa shape index (κ1) is 29.9. The van der Waals surface area contributed by atoms with Crippen molar-refractivity contribution in [3.8, 4) is 11.5 Å². The van der Waals surface area contributed by atoms with Crippen molar-refractivity contribution in [3.63, 3.8) is 0 Å². The van der Waals surface area contributed by atoms with Crippen molar-refractivity contribution < 1.29 is 29.4 Å². The van der Waals surface area contributed by atoms with Crippen LogP contribution in [0, 0.1) is 11.8 Å². The molecule has 4 aromatic carbocycles. The van der Waals surface area contributed by atoms with Crippen LogP contribution in [-0.4, -0.2) is 86.3 Å². The van der Waals surface area contributed by atoms with Crippen LogP contribution in [0.4, 0.5) is 11.4 Å². The quantitative estimate of drug-likeness (QED) is 0.213. The van der Waals surface area contributed by atoms with Gasteiger partial charge in [0.2, 0.25) is 11.8 Å². The van der Waals surface area contributed by atoms with Gasteiger partial charge in [-0.05, 0) is 70.8 Å². The second-order valence-corrected chi connectivity index (χ2v) is 12.1. The number of hydrogen-bond donors (Lipinski definition) is 3. The molecule has 10 nitrogen and oxygen atoms in total. The number of phenols is 2. The summed E-state index contributed by atoms with van der Waals surface area (Å²) in [5, 5.41) is 26.8. The molecule has 2 heterocycles. The van der Waals surface area contributed by atoms with Gasteiger partial charge in [0.15, 0.2) is 12.1 Å². The largest absolute Gasteiger partial charge is 0.507 e. The van der Waals surface area contributed by atoms with E-state index in [1.807, 2.05) is 29.2 Å². The highest BCUT2D eigenvalue weighted by Crippen LogP contribution is 2.38. The van der Waals surface area contributed by atoms with Crippen LogP contribution < -0.4 is 15.1 Å². The maximum absolute atomic E-state index is 14.3. The van der Waals surface area contributed by atoms with Crippen molar-refractivity contribution in [2.75, 3.05) is 57.1 Å². The SMILES string of the molecule is CNC(=O)C1CCN(c2ccc3c(C(=O)c4c(O)ccc5ccc(N6CCC(C(=O)N(C)C)C6)cc45)cc(O)c(C=O)c3c2)C1. The normalized spacial score (nSPS) is 18.0. The first-order valence-corrected chi connectivity index (χ1v) is 15.1. The van der Waals surface area contributed by atoms with E-state index < -0.39 is 5.78 Å². The number of nitrogens with zero attached hydrogens (tertiary/aromatic N) is 3. The summed E-state index contributed by atoms with van der Waals surface area (Å²) in [6.45, 7) is 2.41. The molecule has 0 radical (unpaired) electrons. The average Bonchev–Trinajstić information content (AvgIpc) is 3.74. The van der Waals surface area contributed by atoms with Gasteiger partial charge in [-0.2, -0.15) is 0 Å². The Balaban J connectivity index is 1.41. The number of aldehydes is 1. The van der Waals surface area contributed by atoms with E-state index in [4.69, 9.17) is 0 Å². The lowest BCUT2D eigenvalue weighted by Crippen LogP contribution is -2.31. The first-order chi connectivity index (χ1) is 21.6. The first-order valence-electron chi connectivity index (χ1n) is 15.1. The minimum atomic E-state index is -0.497. The summed E-state index contributed by atoms with van der Waals surface area (Å²) in [7, 11) is 5.12. The highest BCUT2D eigenvalue weighted by atomic mass is 16.3. The maximum Gasteiger partial charge on any atom is 0.227 e. The molecule has 2 fully saturated rings. The summed E-state index contributed by atoms with van der Waals surface area (Å²) in [5.41, 5.74) is 1.91. The highest BCUT2D eigenvalue weighted by molar-refractivity contribution is 6.24. The zero-order chi connectivity index (χ0) is 32.0. The van der Waals surface area contributed by atoms with Gasteiger partial charge in [-0.1, -0.05) is 18.2 Å². The van der Waals surface area contributed by atoms with Gasteiger partial charge < -0.3 is 30.2 Å². The fraction of sp³-hybridized carbons (Fsp3) is 0.314. The van der Waals surface area contributed by atoms with Gasteiger partial charge in [-0.3, -0.25) is 19.2 Å². The zero-order valence-electron chi connectivity index (χ0n) is 25.5. The second kappa shape index (κ2) is 11.8. The lowest BCUT2D eigenvalue weighted by Gasteiger charge is -2.21. The fourth-order valence-corrected chi connectivity index (χ4v) is 6.77. The molecule has 6 rings (SSSR count). The van der Waals surface area contributed by atoms with Crippen molar-refractivity contribution in [1.82, 2.24) is 10.2 Å². The van der Waals surface area contributed by atoms with Gasteiger partial charge >= 0.3 is 0 Å². The number of amides is 2. The third-order valence-electron chi connectivity index (χ3n) is 9.23. The molecule has 2 saturated heterocycles. The molecular weight excluding hydrogens is 572 g/mol. The van der Waals surface area contributed by atoms with Crippen molar-refractivity contribution in [3.05, 3.63) is 71.3 Å². The number of ketones is 1. The van der Waals surface area contributed by atoms with E-state index in [1.165, 1.54) is 12.1 Å². The maximum atomic E-state index is 14.3. The molecule has 10 heteroatoms. The summed E-state index contributed by atoms with van der Waals surface area (Å²) in [6.07, 6.45) is 1.98. The third kappa shape index (κ3) is 5.30. The minimum Gasteiger partial charge on any atom is -0.507 e. The van der Waals surface area contributed by atoms with Gasteiger partial charge in [0.25, 0.3) is 0 Å². The van der Waals surface area contributed by atoms with Crippen molar-refractivity contribution >= 4 is 56.8 Å². The molecule has 0 bridgehead atoms. The number of nitrogens with one attached hydrogen (secondary N) is 1. The van der Waals surface area contributed by atoms with Gasteiger partial charge in [-0.25, -0.2) is 0 Å². The second-order valence-electron chi connectivity index (χ2n) is 12.1. The van der Waals surface area contributed by atoms with Crippen LogP contribution in [0.25, 0.3) is 21.5 Å². The van der Waals surface area contributed by atoms with Crippen LogP contribution in [0.2, 0.25) is 0 Å². The topological polar surface area (TPSA) is 130 Å². The molecule has 232 valence electrons. The molecule has 2 atom stereocenters. The van der Waals surface area contributed by atoms with Crippen molar-refractivity contribution in [2.24, 2.45) is 11.8 Å². The Labute approximate surface area is 260 Å². The summed E-state index contributed by atoms with van der Waals surface area (Å²) in [5.74, 6) is -1.25. The summed E-state index contributed by atoms with van der Waals surface area (Å²) < 4.78 is 0. The number of fused-ring (bicyclic) bond motifs is 2. The number of hydrogen-bond acceptors (Lipinski definition) is 8. The molecule has 0 spiro atoms. The average molecular weight is 609 g/mol. The fourth-order valence-electron chi connectivity index (χ4n) is 6.77.